The van der Waals surface area contributed by atoms with Gasteiger partial charge in [-0.15, -0.1) is 0 Å². The van der Waals surface area contributed by atoms with E-state index in [1.165, 1.54) is 11.8 Å². The highest BCUT2D eigenvalue weighted by atomic mass is 32.2. The lowest BCUT2D eigenvalue weighted by Gasteiger charge is -2.36. The van der Waals surface area contributed by atoms with Crippen LogP contribution >= 0.6 is 11.8 Å². The third-order valence-corrected chi connectivity index (χ3v) is 9.91. The van der Waals surface area contributed by atoms with Crippen molar-refractivity contribution in [2.75, 3.05) is 17.7 Å². The van der Waals surface area contributed by atoms with Gasteiger partial charge in [-0.05, 0) is 36.1 Å². The van der Waals surface area contributed by atoms with E-state index in [4.69, 9.17) is 24.0 Å². The van der Waals surface area contributed by atoms with E-state index in [9.17, 15) is 14.7 Å². The zero-order valence-corrected chi connectivity index (χ0v) is 29.8. The summed E-state index contributed by atoms with van der Waals surface area (Å²) in [6, 6.07) is 35.3. The van der Waals surface area contributed by atoms with Gasteiger partial charge < -0.3 is 29.4 Å². The fourth-order valence-corrected chi connectivity index (χ4v) is 6.95. The normalized spacial score (nSPS) is 17.2. The minimum absolute atomic E-state index is 0.0284. The van der Waals surface area contributed by atoms with Crippen LogP contribution in [0.4, 0.5) is 5.69 Å². The maximum Gasteiger partial charge on any atom is 0.256 e. The number of oxazole rings is 1. The quantitative estimate of drug-likeness (QED) is 0.0638. The molecule has 0 bridgehead atoms. The fourth-order valence-electron chi connectivity index (χ4n) is 6.11. The number of aliphatic hydroxyl groups is 2. The lowest BCUT2D eigenvalue weighted by atomic mass is 10.0. The van der Waals surface area contributed by atoms with Crippen LogP contribution in [0.5, 0.6) is 0 Å². The first kappa shape index (κ1) is 37.2. The van der Waals surface area contributed by atoms with Gasteiger partial charge in [0.15, 0.2) is 17.8 Å². The molecule has 1 amide bonds. The number of unbranched alkanes of at least 4 members (excludes halogenated alkanes) is 3. The van der Waals surface area contributed by atoms with Crippen LogP contribution in [0.1, 0.15) is 74.0 Å². The predicted octanol–water partition coefficient (Wildman–Crippen LogP) is 8.68. The van der Waals surface area contributed by atoms with Crippen molar-refractivity contribution in [1.82, 2.24) is 4.98 Å². The van der Waals surface area contributed by atoms with Gasteiger partial charge in [0.25, 0.3) is 5.22 Å². The molecule has 52 heavy (non-hydrogen) atoms. The van der Waals surface area contributed by atoms with E-state index in [-0.39, 0.29) is 30.5 Å². The lowest BCUT2D eigenvalue weighted by molar-refractivity contribution is -0.245. The molecule has 1 aliphatic heterocycles. The largest absolute Gasteiger partial charge is 0.431 e. The Labute approximate surface area is 308 Å². The number of Topliss-reactive ketones (excluding diaryl/α,β-unsaturated/α-hetero) is 1. The minimum Gasteiger partial charge on any atom is -0.431 e. The average Bonchev–Trinajstić information content (AvgIpc) is 3.63. The molecule has 1 saturated heterocycles. The third-order valence-electron chi connectivity index (χ3n) is 8.95. The van der Waals surface area contributed by atoms with Crippen molar-refractivity contribution in [2.24, 2.45) is 0 Å². The molecule has 10 heteroatoms. The first-order valence-corrected chi connectivity index (χ1v) is 18.7. The molecule has 4 aromatic carbocycles. The number of amides is 1. The van der Waals surface area contributed by atoms with Crippen molar-refractivity contribution in [1.29, 1.82) is 0 Å². The number of ether oxygens (including phenoxy) is 2. The molecular formula is C42H44N2O7S. The van der Waals surface area contributed by atoms with Crippen molar-refractivity contribution >= 4 is 29.1 Å². The molecule has 1 aliphatic rings. The molecule has 1 fully saturated rings. The number of anilines is 1. The van der Waals surface area contributed by atoms with Crippen LogP contribution in [0.25, 0.3) is 22.6 Å². The van der Waals surface area contributed by atoms with E-state index in [1.807, 2.05) is 109 Å². The number of nitrogens with zero attached hydrogens (tertiary/aromatic N) is 1. The van der Waals surface area contributed by atoms with Crippen LogP contribution in [0.3, 0.4) is 0 Å². The number of aliphatic hydroxyl groups excluding tert-OH is 2. The van der Waals surface area contributed by atoms with Crippen LogP contribution in [0.2, 0.25) is 0 Å². The zero-order valence-electron chi connectivity index (χ0n) is 29.0. The molecule has 0 spiro atoms. The summed E-state index contributed by atoms with van der Waals surface area (Å²) in [7, 11) is 0. The summed E-state index contributed by atoms with van der Waals surface area (Å²) < 4.78 is 19.5. The molecular weight excluding hydrogens is 677 g/mol. The Balaban J connectivity index is 1.12. The molecule has 2 heterocycles. The van der Waals surface area contributed by atoms with E-state index in [2.05, 4.69) is 5.32 Å². The van der Waals surface area contributed by atoms with E-state index < -0.39 is 12.9 Å². The van der Waals surface area contributed by atoms with Gasteiger partial charge in [0.05, 0.1) is 18.8 Å². The molecule has 3 N–H and O–H groups in total. The number of aromatic nitrogens is 1. The van der Waals surface area contributed by atoms with Crippen LogP contribution in [-0.2, 0) is 25.7 Å². The number of rotatable bonds is 17. The third kappa shape index (κ3) is 10.3. The van der Waals surface area contributed by atoms with Crippen LogP contribution in [-0.4, -0.2) is 45.4 Å². The summed E-state index contributed by atoms with van der Waals surface area (Å²) in [5.41, 5.74) is 6.08. The number of carbonyl (C=O) groups excluding carboxylic acids is 2. The topological polar surface area (TPSA) is 131 Å². The van der Waals surface area contributed by atoms with Crippen molar-refractivity contribution in [3.05, 3.63) is 126 Å². The highest BCUT2D eigenvalue weighted by molar-refractivity contribution is 7.99. The number of thioether (sulfide) groups is 1. The molecule has 1 aromatic heterocycles. The molecule has 1 unspecified atom stereocenters. The predicted molar refractivity (Wildman–Crippen MR) is 201 cm³/mol. The van der Waals surface area contributed by atoms with Crippen LogP contribution in [0, 0.1) is 0 Å². The van der Waals surface area contributed by atoms with Gasteiger partial charge >= 0.3 is 0 Å². The number of benzene rings is 4. The molecule has 5 aromatic rings. The van der Waals surface area contributed by atoms with E-state index >= 15 is 0 Å². The minimum atomic E-state index is -0.645. The van der Waals surface area contributed by atoms with Crippen molar-refractivity contribution in [3.63, 3.8) is 0 Å². The van der Waals surface area contributed by atoms with E-state index in [1.54, 1.807) is 0 Å². The Kier molecular flexibility index (Phi) is 13.4. The summed E-state index contributed by atoms with van der Waals surface area (Å²) >= 11 is 1.51. The molecule has 9 nitrogen and oxygen atoms in total. The molecule has 0 aliphatic carbocycles. The highest BCUT2D eigenvalue weighted by Crippen LogP contribution is 2.41. The summed E-state index contributed by atoms with van der Waals surface area (Å²) in [6.45, 7) is -0.435. The monoisotopic (exact) mass is 720 g/mol. The number of hydrogen-bond acceptors (Lipinski definition) is 9. The summed E-state index contributed by atoms with van der Waals surface area (Å²) in [4.78, 5) is 28.7. The molecule has 6 rings (SSSR count). The molecule has 3 atom stereocenters. The van der Waals surface area contributed by atoms with Crippen LogP contribution < -0.4 is 5.32 Å². The van der Waals surface area contributed by atoms with E-state index in [0.29, 0.717) is 35.9 Å². The Morgan fingerprint density at radius 1 is 0.750 bits per heavy atom. The van der Waals surface area contributed by atoms with Crippen molar-refractivity contribution in [2.45, 2.75) is 75.3 Å². The zero-order chi connectivity index (χ0) is 36.1. The molecule has 0 saturated carbocycles. The summed E-state index contributed by atoms with van der Waals surface area (Å²) in [5, 5.41) is 21.9. The first-order chi connectivity index (χ1) is 25.5. The first-order valence-electron chi connectivity index (χ1n) is 17.8. The molecule has 0 radical (unpaired) electrons. The average molecular weight is 721 g/mol. The Bertz CT molecular complexity index is 1810. The van der Waals surface area contributed by atoms with Crippen molar-refractivity contribution < 1.29 is 33.7 Å². The number of ketones is 1. The van der Waals surface area contributed by atoms with Gasteiger partial charge in [-0.2, -0.15) is 0 Å². The standard InChI is InChI=1S/C42H44N2O7S/c45-26-29-17-19-30(20-18-29)37-25-36(28-52-42-44-39(31-11-5-3-6-12-31)40(51-42)32-13-7-4-8-14-32)49-41(50-37)33-21-23-34(24-22-33)43-38(48)16-10-2-1-9-15-35(47)27-46/h3-8,11-14,17-24,36-37,41,45-46H,1-2,9-10,15-16,25-28H2,(H,43,48)/t36-,37?,41+/m1/s1. The summed E-state index contributed by atoms with van der Waals surface area (Å²) in [6.07, 6.45) is 3.46. The second kappa shape index (κ2) is 18.8. The van der Waals surface area contributed by atoms with Gasteiger partial charge in [-0.3, -0.25) is 9.59 Å². The SMILES string of the molecule is O=C(CO)CCCCCCC(=O)Nc1ccc([C@@H]2OC(c3ccc(CO)cc3)C[C@H](CSc3nc(-c4ccccc4)c(-c4ccccc4)o3)O2)cc1. The summed E-state index contributed by atoms with van der Waals surface area (Å²) in [5.74, 6) is 1.10. The van der Waals surface area contributed by atoms with Gasteiger partial charge in [0.2, 0.25) is 5.91 Å². The van der Waals surface area contributed by atoms with Gasteiger partial charge in [-0.1, -0.05) is 122 Å². The second-order valence-corrected chi connectivity index (χ2v) is 13.8. The number of hydrogen-bond donors (Lipinski definition) is 3. The maximum absolute atomic E-state index is 12.6. The van der Waals surface area contributed by atoms with E-state index in [0.717, 1.165) is 65.0 Å². The Morgan fingerprint density at radius 3 is 2.08 bits per heavy atom. The Hall–Kier alpha value is -4.58. The number of nitrogens with one attached hydrogen (secondary N) is 1. The Morgan fingerprint density at radius 2 is 1.40 bits per heavy atom. The fraction of sp³-hybridized carbons (Fsp3) is 0.310. The van der Waals surface area contributed by atoms with Gasteiger partial charge in [-0.25, -0.2) is 4.98 Å². The van der Waals surface area contributed by atoms with Crippen molar-refractivity contribution in [3.8, 4) is 22.6 Å². The lowest BCUT2D eigenvalue weighted by Crippen LogP contribution is -2.31. The second-order valence-electron chi connectivity index (χ2n) is 12.8. The molecule has 270 valence electrons. The van der Waals surface area contributed by atoms with Gasteiger partial charge in [0.1, 0.15) is 12.3 Å². The van der Waals surface area contributed by atoms with Gasteiger partial charge in [0, 0.05) is 47.4 Å². The maximum atomic E-state index is 12.6. The highest BCUT2D eigenvalue weighted by Gasteiger charge is 2.33. The van der Waals surface area contributed by atoms with Crippen LogP contribution in [0.15, 0.2) is 119 Å². The number of carbonyl (C=O) groups is 2. The smallest absolute Gasteiger partial charge is 0.256 e.